The molecule has 13 N–H and O–H groups in total. The minimum Gasteiger partial charge on any atom is -0.444 e. The number of nitro groups is 1. The molecule has 1 rings (SSSR count). The summed E-state index contributed by atoms with van der Waals surface area (Å²) in [6, 6.07) is 5.21. The zero-order valence-electron chi connectivity index (χ0n) is 60.2. The third-order valence-corrected chi connectivity index (χ3v) is 13.3. The van der Waals surface area contributed by atoms with Crippen LogP contribution in [0.1, 0.15) is 269 Å². The molecule has 1 aromatic carbocycles. The summed E-state index contributed by atoms with van der Waals surface area (Å²) in [4.78, 5) is 51.3. The van der Waals surface area contributed by atoms with Crippen molar-refractivity contribution in [2.45, 2.75) is 289 Å². The first-order valence-corrected chi connectivity index (χ1v) is 35.4. The van der Waals surface area contributed by atoms with Crippen LogP contribution in [0.15, 0.2) is 24.3 Å². The van der Waals surface area contributed by atoms with Gasteiger partial charge in [-0.2, -0.15) is 0 Å². The summed E-state index contributed by atoms with van der Waals surface area (Å²) in [5.74, 6) is 0.408. The van der Waals surface area contributed by atoms with Crippen LogP contribution >= 0.6 is 0 Å². The molecule has 0 radical (unpaired) electrons. The molecule has 0 saturated carbocycles. The number of nitro benzene ring substituents is 1. The van der Waals surface area contributed by atoms with E-state index in [1.807, 2.05) is 39.2 Å². The van der Waals surface area contributed by atoms with Crippen molar-refractivity contribution in [2.75, 3.05) is 91.6 Å². The maximum absolute atomic E-state index is 12.4. The minimum atomic E-state index is -0.698. The van der Waals surface area contributed by atoms with Crippen molar-refractivity contribution >= 4 is 37.9 Å². The van der Waals surface area contributed by atoms with E-state index in [-0.39, 0.29) is 44.5 Å². The van der Waals surface area contributed by atoms with Gasteiger partial charge in [-0.15, -0.1) is 0 Å². The van der Waals surface area contributed by atoms with Gasteiger partial charge in [0.25, 0.3) is 5.69 Å². The van der Waals surface area contributed by atoms with Gasteiger partial charge in [-0.3, -0.25) is 14.9 Å². The largest absolute Gasteiger partial charge is 0.444 e. The highest BCUT2D eigenvalue weighted by molar-refractivity contribution is 6.45. The lowest BCUT2D eigenvalue weighted by molar-refractivity contribution is -0.384. The molecular formula is C67H145B2N11O9. The Hall–Kier alpha value is -3.60. The predicted octanol–water partition coefficient (Wildman–Crippen LogP) is 13.7. The maximum Gasteiger partial charge on any atom is 0.412 e. The zero-order valence-corrected chi connectivity index (χ0v) is 60.2. The SMILES string of the molecule is CCCCCCC(=O)NCCC.CCCCCCCN(CCC)B(C)O.CCCCCCCN(CCN)B(C)O.CCCCCCCN(CCNC(=O)Oc1ccc([N+](=O)[O-])cc1)C(=O)OC(C)(C)C.CCCCCCCNCCC.CCCN.NCCN. The minimum absolute atomic E-state index is 0.0882. The van der Waals surface area contributed by atoms with E-state index in [4.69, 9.17) is 32.4 Å². The molecule has 89 heavy (non-hydrogen) atoms. The Kier molecular flexibility index (Phi) is 83.3. The first kappa shape index (κ1) is 96.5. The summed E-state index contributed by atoms with van der Waals surface area (Å²) in [5.41, 5.74) is 19.6. The number of hydrogen-bond acceptors (Lipinski definition) is 16. The summed E-state index contributed by atoms with van der Waals surface area (Å²) in [5, 5.41) is 38.4. The Labute approximate surface area is 548 Å². The number of nitrogens with zero attached hydrogens (tertiary/aromatic N) is 4. The number of benzene rings is 1. The van der Waals surface area contributed by atoms with Gasteiger partial charge in [-0.25, -0.2) is 9.59 Å². The Morgan fingerprint density at radius 3 is 1.30 bits per heavy atom. The summed E-state index contributed by atoms with van der Waals surface area (Å²) in [6.07, 6.45) is 34.0. The Balaban J connectivity index is -0.000000248. The Morgan fingerprint density at radius 2 is 0.921 bits per heavy atom. The zero-order chi connectivity index (χ0) is 68.6. The van der Waals surface area contributed by atoms with Crippen molar-refractivity contribution in [2.24, 2.45) is 22.9 Å². The first-order chi connectivity index (χ1) is 42.6. The summed E-state index contributed by atoms with van der Waals surface area (Å²) < 4.78 is 10.5. The van der Waals surface area contributed by atoms with Gasteiger partial charge in [0, 0.05) is 70.9 Å². The van der Waals surface area contributed by atoms with Crippen LogP contribution in [0.4, 0.5) is 15.3 Å². The van der Waals surface area contributed by atoms with E-state index in [1.54, 1.807) is 4.90 Å². The molecule has 0 saturated heterocycles. The van der Waals surface area contributed by atoms with Crippen molar-refractivity contribution < 1.29 is 38.8 Å². The summed E-state index contributed by atoms with van der Waals surface area (Å²) in [6.45, 7) is 39.4. The third-order valence-electron chi connectivity index (χ3n) is 13.3. The van der Waals surface area contributed by atoms with Crippen molar-refractivity contribution in [3.8, 4) is 5.75 Å². The number of carbonyl (C=O) groups is 3. The number of unbranched alkanes of at least 4 members (excludes halogenated alkanes) is 19. The normalized spacial score (nSPS) is 10.4. The smallest absolute Gasteiger partial charge is 0.412 e. The van der Waals surface area contributed by atoms with Gasteiger partial charge in [0.15, 0.2) is 0 Å². The summed E-state index contributed by atoms with van der Waals surface area (Å²) >= 11 is 0. The molecule has 3 amide bonds. The van der Waals surface area contributed by atoms with E-state index in [9.17, 15) is 34.5 Å². The fraction of sp³-hybridized carbons (Fsp3) is 0.866. The second-order valence-corrected chi connectivity index (χ2v) is 23.6. The molecule has 0 aliphatic heterocycles. The molecule has 1 aromatic rings. The van der Waals surface area contributed by atoms with Crippen molar-refractivity contribution in [1.82, 2.24) is 30.5 Å². The van der Waals surface area contributed by atoms with Gasteiger partial charge in [-0.1, -0.05) is 184 Å². The molecule has 0 aromatic heterocycles. The van der Waals surface area contributed by atoms with E-state index >= 15 is 0 Å². The van der Waals surface area contributed by atoms with Crippen LogP contribution < -0.4 is 43.6 Å². The number of nitrogens with two attached hydrogens (primary N) is 4. The Morgan fingerprint density at radius 1 is 0.494 bits per heavy atom. The molecule has 0 atom stereocenters. The van der Waals surface area contributed by atoms with E-state index < -0.39 is 22.7 Å². The fourth-order valence-electron chi connectivity index (χ4n) is 8.08. The van der Waals surface area contributed by atoms with Crippen molar-refractivity contribution in [3.05, 3.63) is 34.4 Å². The van der Waals surface area contributed by atoms with Crippen LogP contribution in [0.2, 0.25) is 13.6 Å². The number of carbonyl (C=O) groups excluding carboxylic acids is 3. The fourth-order valence-corrected chi connectivity index (χ4v) is 8.08. The molecule has 0 bridgehead atoms. The highest BCUT2D eigenvalue weighted by Crippen LogP contribution is 2.18. The highest BCUT2D eigenvalue weighted by atomic mass is 16.6. The second-order valence-electron chi connectivity index (χ2n) is 23.6. The van der Waals surface area contributed by atoms with Gasteiger partial charge < -0.3 is 72.9 Å². The van der Waals surface area contributed by atoms with Gasteiger partial charge in [0.2, 0.25) is 5.91 Å². The predicted molar refractivity (Wildman–Crippen MR) is 383 cm³/mol. The summed E-state index contributed by atoms with van der Waals surface area (Å²) in [7, 11) is -0.633. The average Bonchev–Trinajstić information content (AvgIpc) is 3.53. The molecule has 0 unspecified atom stereocenters. The molecule has 22 heteroatoms. The van der Waals surface area contributed by atoms with Crippen LogP contribution in [0, 0.1) is 10.1 Å². The van der Waals surface area contributed by atoms with Gasteiger partial charge in [-0.05, 0) is 144 Å². The lowest BCUT2D eigenvalue weighted by atomic mass is 9.84. The molecule has 20 nitrogen and oxygen atoms in total. The topological polar surface area (TPSA) is 303 Å². The number of nitrogens with one attached hydrogen (secondary N) is 3. The van der Waals surface area contributed by atoms with Crippen LogP contribution in [0.5, 0.6) is 5.75 Å². The van der Waals surface area contributed by atoms with E-state index in [1.165, 1.54) is 166 Å². The first-order valence-electron chi connectivity index (χ1n) is 35.4. The quantitative estimate of drug-likeness (QED) is 0.0127. The molecular weight excluding hydrogens is 1120 g/mol. The van der Waals surface area contributed by atoms with E-state index in [0.717, 1.165) is 90.6 Å². The number of rotatable bonds is 46. The molecule has 0 spiro atoms. The molecule has 0 aliphatic carbocycles. The number of hydrogen-bond donors (Lipinski definition) is 9. The van der Waals surface area contributed by atoms with Crippen LogP contribution in [0.3, 0.4) is 0 Å². The monoisotopic (exact) mass is 1270 g/mol. The molecule has 0 heterocycles. The van der Waals surface area contributed by atoms with Crippen LogP contribution in [0.25, 0.3) is 0 Å². The maximum atomic E-state index is 12.4. The number of amides is 3. The van der Waals surface area contributed by atoms with Gasteiger partial charge in [0.05, 0.1) is 4.92 Å². The van der Waals surface area contributed by atoms with E-state index in [2.05, 4.69) is 83.1 Å². The Bertz CT molecular complexity index is 1560. The van der Waals surface area contributed by atoms with Gasteiger partial charge >= 0.3 is 26.3 Å². The van der Waals surface area contributed by atoms with Gasteiger partial charge in [0.1, 0.15) is 11.4 Å². The highest BCUT2D eigenvalue weighted by Gasteiger charge is 2.22. The number of ether oxygens (including phenoxy) is 2. The average molecular weight is 1270 g/mol. The lowest BCUT2D eigenvalue weighted by Gasteiger charge is -2.27. The third kappa shape index (κ3) is 80.4. The molecule has 0 fully saturated rings. The van der Waals surface area contributed by atoms with E-state index in [0.29, 0.717) is 32.6 Å². The standard InChI is InChI=1S/C21H33N3O6.C11H26BNO.C10H25BN2O.C10H21NO.C10H23N.C3H9N.C2H8N2/c1-5-6-7-8-9-15-23(20(26)30-21(2,3)4)16-14-22-19(25)29-18-12-10-17(11-13-18)24(27)28;1-4-6-7-8-9-11-13(10-5-2)12(3)14;1-3-4-5-6-7-9-13(10-8-12)11(2)14;1-3-5-6-7-8-10(12)11-9-4-2;1-3-5-6-7-8-10-11-9-4-2;1-2-3-4;3-1-2-4/h10-13H,5-9,14-16H2,1-4H3,(H,22,25);14H,4-11H2,1-3H3;14H,3-10,12H2,1-2H3;3-9H2,1-2H3,(H,11,12);11H,3-10H2,1-2H3;2-4H2,1H3;1-4H2. The van der Waals surface area contributed by atoms with Crippen LogP contribution in [-0.4, -0.2) is 159 Å². The van der Waals surface area contributed by atoms with Crippen LogP contribution in [-0.2, 0) is 9.53 Å². The van der Waals surface area contributed by atoms with Crippen molar-refractivity contribution in [3.63, 3.8) is 0 Å². The molecule has 528 valence electrons. The molecule has 0 aliphatic rings. The second kappa shape index (κ2) is 76.9. The van der Waals surface area contributed by atoms with Crippen molar-refractivity contribution in [1.29, 1.82) is 0 Å². The lowest BCUT2D eigenvalue weighted by Crippen LogP contribution is -2.42. The number of non-ortho nitro benzene ring substituents is 1.